The van der Waals surface area contributed by atoms with Crippen molar-refractivity contribution in [3.8, 4) is 0 Å². The number of imide groups is 1. The molecule has 5 nitrogen and oxygen atoms in total. The topological polar surface area (TPSA) is 56.4 Å². The highest BCUT2D eigenvalue weighted by Crippen LogP contribution is 2.45. The normalized spacial score (nSPS) is 19.8. The minimum atomic E-state index is -0.533. The molecule has 1 saturated heterocycles. The predicted octanol–water partition coefficient (Wildman–Crippen LogP) is 6.08. The van der Waals surface area contributed by atoms with Gasteiger partial charge in [0.05, 0.1) is 5.69 Å². The van der Waals surface area contributed by atoms with E-state index in [-0.39, 0.29) is 18.0 Å². The average Bonchev–Trinajstić information content (AvgIpc) is 3.32. The van der Waals surface area contributed by atoms with Gasteiger partial charge >= 0.3 is 6.03 Å². The number of aromatic nitrogens is 1. The van der Waals surface area contributed by atoms with E-state index in [1.807, 2.05) is 48.5 Å². The lowest BCUT2D eigenvalue weighted by atomic mass is 9.88. The molecule has 3 amide bonds. The number of H-pyrrole nitrogens is 1. The molecule has 2 atom stereocenters. The average molecular weight is 450 g/mol. The van der Waals surface area contributed by atoms with Crippen LogP contribution in [0.1, 0.15) is 53.8 Å². The van der Waals surface area contributed by atoms with Crippen LogP contribution in [-0.2, 0) is 11.2 Å². The Bertz CT molecular complexity index is 1430. The lowest BCUT2D eigenvalue weighted by Crippen LogP contribution is -2.44. The van der Waals surface area contributed by atoms with Crippen molar-refractivity contribution in [3.63, 3.8) is 0 Å². The number of para-hydroxylation sites is 1. The van der Waals surface area contributed by atoms with E-state index in [1.165, 1.54) is 10.5 Å². The third-order valence-corrected chi connectivity index (χ3v) is 7.22. The second-order valence-electron chi connectivity index (χ2n) is 9.71. The fourth-order valence-electron chi connectivity index (χ4n) is 5.51. The van der Waals surface area contributed by atoms with Gasteiger partial charge in [-0.3, -0.25) is 9.69 Å². The predicted molar refractivity (Wildman–Crippen MR) is 134 cm³/mol. The van der Waals surface area contributed by atoms with Crippen LogP contribution < -0.4 is 4.90 Å². The molecular weight excluding hydrogens is 422 g/mol. The quantitative estimate of drug-likeness (QED) is 0.385. The van der Waals surface area contributed by atoms with E-state index in [9.17, 15) is 9.59 Å². The molecule has 0 bridgehead atoms. The van der Waals surface area contributed by atoms with Crippen LogP contribution >= 0.6 is 0 Å². The Morgan fingerprint density at radius 1 is 0.941 bits per heavy atom. The molecular formula is C29H27N3O2. The fourth-order valence-corrected chi connectivity index (χ4v) is 5.51. The number of amides is 3. The zero-order valence-electron chi connectivity index (χ0n) is 19.6. The number of nitrogens with one attached hydrogen (secondary N) is 1. The first kappa shape index (κ1) is 20.7. The number of benzene rings is 3. The highest BCUT2D eigenvalue weighted by Gasteiger charge is 2.53. The summed E-state index contributed by atoms with van der Waals surface area (Å²) >= 11 is 0. The number of urea groups is 1. The standard InChI is InChI=1S/C29H27N3O2/c1-17(2)19-11-13-21(14-12-19)31-28(33)25-16-23-22-9-4-5-10-24(22)30-26(23)27(32(25)29(31)34)20-8-6-7-18(3)15-20/h4-15,17,25,27,30H,16H2,1-3H3/t25-,27+/m0/s1. The summed E-state index contributed by atoms with van der Waals surface area (Å²) in [6, 6.07) is 23.0. The third kappa shape index (κ3) is 3.00. The zero-order valence-corrected chi connectivity index (χ0v) is 19.6. The van der Waals surface area contributed by atoms with Gasteiger partial charge in [-0.2, -0.15) is 0 Å². The molecule has 0 spiro atoms. The first-order valence-corrected chi connectivity index (χ1v) is 11.9. The van der Waals surface area contributed by atoms with Crippen LogP contribution in [0, 0.1) is 6.92 Å². The number of nitrogens with zero attached hydrogens (tertiary/aromatic N) is 2. The van der Waals surface area contributed by atoms with Crippen LogP contribution in [0.15, 0.2) is 72.8 Å². The van der Waals surface area contributed by atoms with Gasteiger partial charge in [-0.15, -0.1) is 0 Å². The lowest BCUT2D eigenvalue weighted by molar-refractivity contribution is -0.120. The van der Waals surface area contributed by atoms with E-state index in [0.29, 0.717) is 18.0 Å². The maximum Gasteiger partial charge on any atom is 0.332 e. The Labute approximate surface area is 199 Å². The number of carbonyl (C=O) groups is 2. The molecule has 0 saturated carbocycles. The van der Waals surface area contributed by atoms with E-state index >= 15 is 0 Å². The second-order valence-corrected chi connectivity index (χ2v) is 9.71. The van der Waals surface area contributed by atoms with Crippen LogP contribution in [0.25, 0.3) is 10.9 Å². The van der Waals surface area contributed by atoms with Crippen LogP contribution in [-0.4, -0.2) is 27.9 Å². The fraction of sp³-hybridized carbons (Fsp3) is 0.241. The molecule has 1 aromatic heterocycles. The van der Waals surface area contributed by atoms with Crippen molar-refractivity contribution in [2.75, 3.05) is 4.90 Å². The van der Waals surface area contributed by atoms with Crippen molar-refractivity contribution in [3.05, 3.63) is 101 Å². The molecule has 2 aliphatic rings. The molecule has 4 aromatic rings. The number of anilines is 1. The molecule has 5 heteroatoms. The highest BCUT2D eigenvalue weighted by molar-refractivity contribution is 6.22. The first-order chi connectivity index (χ1) is 16.4. The summed E-state index contributed by atoms with van der Waals surface area (Å²) in [4.78, 5) is 34.3. The summed E-state index contributed by atoms with van der Waals surface area (Å²) in [5, 5.41) is 1.12. The van der Waals surface area contributed by atoms with Gasteiger partial charge in [-0.25, -0.2) is 9.69 Å². The Morgan fingerprint density at radius 2 is 1.71 bits per heavy atom. The van der Waals surface area contributed by atoms with Crippen molar-refractivity contribution in [1.29, 1.82) is 0 Å². The van der Waals surface area contributed by atoms with E-state index in [4.69, 9.17) is 0 Å². The third-order valence-electron chi connectivity index (χ3n) is 7.22. The maximum absolute atomic E-state index is 13.9. The van der Waals surface area contributed by atoms with Gasteiger partial charge < -0.3 is 4.98 Å². The SMILES string of the molecule is Cc1cccc([C@@H]2c3[nH]c4ccccc4c3C[C@H]3C(=O)N(c4ccc(C(C)C)cc4)C(=O)N23)c1. The van der Waals surface area contributed by atoms with Crippen molar-refractivity contribution < 1.29 is 9.59 Å². The summed E-state index contributed by atoms with van der Waals surface area (Å²) in [5.41, 5.74) is 7.10. The molecule has 170 valence electrons. The van der Waals surface area contributed by atoms with Crippen molar-refractivity contribution in [2.45, 2.75) is 45.2 Å². The van der Waals surface area contributed by atoms with Crippen molar-refractivity contribution in [1.82, 2.24) is 9.88 Å². The maximum atomic E-state index is 13.9. The number of carbonyl (C=O) groups excluding carboxylic acids is 2. The number of hydrogen-bond acceptors (Lipinski definition) is 2. The van der Waals surface area contributed by atoms with Crippen molar-refractivity contribution in [2.24, 2.45) is 0 Å². The van der Waals surface area contributed by atoms with E-state index in [0.717, 1.165) is 33.3 Å². The molecule has 3 heterocycles. The van der Waals surface area contributed by atoms with Gasteiger partial charge in [-0.05, 0) is 47.7 Å². The molecule has 1 N–H and O–H groups in total. The Balaban J connectivity index is 1.50. The van der Waals surface area contributed by atoms with Gasteiger partial charge in [0.15, 0.2) is 0 Å². The second kappa shape index (κ2) is 7.59. The minimum Gasteiger partial charge on any atom is -0.356 e. The zero-order chi connectivity index (χ0) is 23.6. The summed E-state index contributed by atoms with van der Waals surface area (Å²) < 4.78 is 0. The number of fused-ring (bicyclic) bond motifs is 4. The Kier molecular flexibility index (Phi) is 4.63. The number of aromatic amines is 1. The Morgan fingerprint density at radius 3 is 2.44 bits per heavy atom. The molecule has 0 unspecified atom stereocenters. The summed E-state index contributed by atoms with van der Waals surface area (Å²) in [6.45, 7) is 6.31. The van der Waals surface area contributed by atoms with Gasteiger partial charge in [0.25, 0.3) is 5.91 Å². The van der Waals surface area contributed by atoms with Gasteiger partial charge in [-0.1, -0.05) is 74.0 Å². The van der Waals surface area contributed by atoms with Crippen LogP contribution in [0.3, 0.4) is 0 Å². The largest absolute Gasteiger partial charge is 0.356 e. The van der Waals surface area contributed by atoms with Gasteiger partial charge in [0.2, 0.25) is 0 Å². The van der Waals surface area contributed by atoms with E-state index < -0.39 is 6.04 Å². The molecule has 0 radical (unpaired) electrons. The van der Waals surface area contributed by atoms with E-state index in [1.54, 1.807) is 4.90 Å². The lowest BCUT2D eigenvalue weighted by Gasteiger charge is -2.36. The molecule has 1 fully saturated rings. The van der Waals surface area contributed by atoms with E-state index in [2.05, 4.69) is 50.0 Å². The van der Waals surface area contributed by atoms with Crippen molar-refractivity contribution >= 4 is 28.5 Å². The van der Waals surface area contributed by atoms with Gasteiger partial charge in [0.1, 0.15) is 12.1 Å². The monoisotopic (exact) mass is 449 g/mol. The summed E-state index contributed by atoms with van der Waals surface area (Å²) in [6.07, 6.45) is 0.507. The van der Waals surface area contributed by atoms with Crippen LogP contribution in [0.4, 0.5) is 10.5 Å². The first-order valence-electron chi connectivity index (χ1n) is 11.9. The molecule has 2 aliphatic heterocycles. The van der Waals surface area contributed by atoms with Crippen LogP contribution in [0.2, 0.25) is 0 Å². The molecule has 6 rings (SSSR count). The summed E-state index contributed by atoms with van der Waals surface area (Å²) in [7, 11) is 0. The molecule has 3 aromatic carbocycles. The number of aryl methyl sites for hydroxylation is 1. The van der Waals surface area contributed by atoms with Crippen LogP contribution in [0.5, 0.6) is 0 Å². The summed E-state index contributed by atoms with van der Waals surface area (Å²) in [5.74, 6) is 0.227. The minimum absolute atomic E-state index is 0.157. The highest BCUT2D eigenvalue weighted by atomic mass is 16.2. The Hall–Kier alpha value is -3.86. The molecule has 0 aliphatic carbocycles. The number of rotatable bonds is 3. The molecule has 34 heavy (non-hydrogen) atoms. The van der Waals surface area contributed by atoms with Gasteiger partial charge in [0, 0.05) is 23.0 Å². The smallest absolute Gasteiger partial charge is 0.332 e. The number of hydrogen-bond donors (Lipinski definition) is 1.